The quantitative estimate of drug-likeness (QED) is 0.183. The van der Waals surface area contributed by atoms with Gasteiger partial charge in [-0.15, -0.1) is 0 Å². The predicted octanol–water partition coefficient (Wildman–Crippen LogP) is 12.7. The number of hydrogen-bond donors (Lipinski definition) is 0. The maximum Gasteiger partial charge on any atom is 0.164 e. The fourth-order valence-corrected chi connectivity index (χ4v) is 11.7. The zero-order chi connectivity index (χ0) is 36.1. The van der Waals surface area contributed by atoms with Crippen LogP contribution in [-0.4, -0.2) is 15.0 Å². The van der Waals surface area contributed by atoms with Crippen molar-refractivity contribution in [2.24, 2.45) is 23.7 Å². The number of aromatic nitrogens is 3. The van der Waals surface area contributed by atoms with Crippen LogP contribution >= 0.6 is 0 Å². The molecule has 55 heavy (non-hydrogen) atoms. The largest absolute Gasteiger partial charge is 0.310 e. The van der Waals surface area contributed by atoms with Gasteiger partial charge in [0.25, 0.3) is 0 Å². The Labute approximate surface area is 321 Å². The fraction of sp³-hybridized carbons (Fsp3) is 0.196. The summed E-state index contributed by atoms with van der Waals surface area (Å²) in [4.78, 5) is 18.5. The zero-order valence-electron chi connectivity index (χ0n) is 30.6. The number of anilines is 3. The minimum absolute atomic E-state index is 0.00445. The third-order valence-corrected chi connectivity index (χ3v) is 13.7. The first-order valence-electron chi connectivity index (χ1n) is 20.0. The van der Waals surface area contributed by atoms with Crippen LogP contribution in [0.15, 0.2) is 158 Å². The molecule has 13 rings (SSSR count). The van der Waals surface area contributed by atoms with E-state index in [0.717, 1.165) is 39.3 Å². The number of nitrogens with zero attached hydrogens (tertiary/aromatic N) is 4. The van der Waals surface area contributed by atoms with Crippen LogP contribution in [0.5, 0.6) is 0 Å². The number of hydrogen-bond acceptors (Lipinski definition) is 4. The second kappa shape index (κ2) is 11.9. The van der Waals surface area contributed by atoms with E-state index in [1.807, 2.05) is 0 Å². The van der Waals surface area contributed by atoms with Gasteiger partial charge in [-0.05, 0) is 113 Å². The van der Waals surface area contributed by atoms with Crippen molar-refractivity contribution >= 4 is 38.6 Å². The van der Waals surface area contributed by atoms with Crippen LogP contribution in [0.1, 0.15) is 43.2 Å². The van der Waals surface area contributed by atoms with Crippen LogP contribution < -0.4 is 4.90 Å². The lowest BCUT2D eigenvalue weighted by Gasteiger charge is -2.64. The molecule has 1 spiro atoms. The van der Waals surface area contributed by atoms with Crippen LogP contribution in [0, 0.1) is 23.7 Å². The molecule has 4 fully saturated rings. The highest BCUT2D eigenvalue weighted by Gasteiger charge is 2.61. The van der Waals surface area contributed by atoms with Crippen molar-refractivity contribution < 1.29 is 0 Å². The van der Waals surface area contributed by atoms with Crippen molar-refractivity contribution in [1.29, 1.82) is 0 Å². The van der Waals surface area contributed by atoms with Crippen molar-refractivity contribution in [2.45, 2.75) is 37.5 Å². The molecule has 0 unspecified atom stereocenters. The molecule has 5 aliphatic rings. The summed E-state index contributed by atoms with van der Waals surface area (Å²) in [6, 6.07) is 57.3. The van der Waals surface area contributed by atoms with E-state index in [0.29, 0.717) is 29.3 Å². The molecule has 0 amide bonds. The summed E-state index contributed by atoms with van der Waals surface area (Å²) < 4.78 is 0. The maximum atomic E-state index is 5.36. The summed E-state index contributed by atoms with van der Waals surface area (Å²) in [6.45, 7) is 0. The Hall–Kier alpha value is -6.13. The third kappa shape index (κ3) is 4.61. The topological polar surface area (TPSA) is 41.9 Å². The molecule has 8 aromatic rings. The molecule has 4 nitrogen and oxygen atoms in total. The summed E-state index contributed by atoms with van der Waals surface area (Å²) in [5, 5.41) is 4.60. The number of benzene rings is 7. The van der Waals surface area contributed by atoms with Gasteiger partial charge in [0, 0.05) is 27.8 Å². The maximum absolute atomic E-state index is 5.36. The van der Waals surface area contributed by atoms with E-state index in [-0.39, 0.29) is 5.41 Å². The summed E-state index contributed by atoms with van der Waals surface area (Å²) in [6.07, 6.45) is 6.78. The lowest BCUT2D eigenvalue weighted by molar-refractivity contribution is -0.0419. The van der Waals surface area contributed by atoms with E-state index < -0.39 is 0 Å². The highest BCUT2D eigenvalue weighted by Crippen LogP contribution is 2.69. The summed E-state index contributed by atoms with van der Waals surface area (Å²) in [5.41, 5.74) is 9.77. The van der Waals surface area contributed by atoms with Crippen molar-refractivity contribution in [1.82, 2.24) is 15.0 Å². The molecule has 4 bridgehead atoms. The molecule has 0 saturated heterocycles. The van der Waals surface area contributed by atoms with Gasteiger partial charge in [-0.2, -0.15) is 0 Å². The van der Waals surface area contributed by atoms with Crippen molar-refractivity contribution in [2.75, 3.05) is 4.90 Å². The van der Waals surface area contributed by atoms with Gasteiger partial charge in [-0.25, -0.2) is 15.0 Å². The van der Waals surface area contributed by atoms with Crippen LogP contribution in [-0.2, 0) is 5.41 Å². The lowest BCUT2D eigenvalue weighted by Crippen LogP contribution is -2.57. The van der Waals surface area contributed by atoms with Gasteiger partial charge in [0.1, 0.15) is 0 Å². The van der Waals surface area contributed by atoms with E-state index in [4.69, 9.17) is 15.0 Å². The molecule has 1 aromatic heterocycles. The Morgan fingerprint density at radius 1 is 0.436 bits per heavy atom. The molecule has 0 atom stereocenters. The average Bonchev–Trinajstić information content (AvgIpc) is 3.24. The molecular formula is C51H40N4. The van der Waals surface area contributed by atoms with Crippen LogP contribution in [0.25, 0.3) is 55.7 Å². The molecule has 1 aliphatic heterocycles. The van der Waals surface area contributed by atoms with Gasteiger partial charge >= 0.3 is 0 Å². The summed E-state index contributed by atoms with van der Waals surface area (Å²) >= 11 is 0. The summed E-state index contributed by atoms with van der Waals surface area (Å²) in [7, 11) is 0. The first-order valence-corrected chi connectivity index (χ1v) is 20.0. The normalized spacial score (nSPS) is 23.3. The Bertz CT molecular complexity index is 2670. The van der Waals surface area contributed by atoms with Crippen LogP contribution in [0.2, 0.25) is 0 Å². The Balaban J connectivity index is 1.12. The van der Waals surface area contributed by atoms with E-state index >= 15 is 0 Å². The summed E-state index contributed by atoms with van der Waals surface area (Å²) in [5.74, 6) is 5.12. The molecule has 7 aromatic carbocycles. The fourth-order valence-electron chi connectivity index (χ4n) is 11.7. The first kappa shape index (κ1) is 31.2. The molecule has 0 N–H and O–H groups in total. The van der Waals surface area contributed by atoms with Crippen molar-refractivity contribution in [3.05, 3.63) is 169 Å². The van der Waals surface area contributed by atoms with Crippen LogP contribution in [0.4, 0.5) is 17.1 Å². The molecule has 264 valence electrons. The first-order chi connectivity index (χ1) is 27.2. The second-order valence-electron chi connectivity index (χ2n) is 16.5. The van der Waals surface area contributed by atoms with E-state index in [2.05, 4.69) is 163 Å². The third-order valence-electron chi connectivity index (χ3n) is 13.7. The molecule has 4 saturated carbocycles. The average molecular weight is 709 g/mol. The smallest absolute Gasteiger partial charge is 0.164 e. The highest BCUT2D eigenvalue weighted by atomic mass is 15.2. The molecular weight excluding hydrogens is 669 g/mol. The van der Waals surface area contributed by atoms with Gasteiger partial charge in [0.15, 0.2) is 17.5 Å². The number of para-hydroxylation sites is 2. The van der Waals surface area contributed by atoms with Crippen LogP contribution in [0.3, 0.4) is 0 Å². The minimum Gasteiger partial charge on any atom is -0.310 e. The SMILES string of the molecule is c1ccc(N2c3ccccc3C3(c4ccc(-c5nc(-c6cccc7ccccc67)nc(-c6cccc7ccccc67)n5)cc42)C2CC4CC(C2)CC3C4)cc1. The monoisotopic (exact) mass is 708 g/mol. The van der Waals surface area contributed by atoms with Crippen molar-refractivity contribution in [3.63, 3.8) is 0 Å². The van der Waals surface area contributed by atoms with E-state index in [1.54, 1.807) is 0 Å². The van der Waals surface area contributed by atoms with Gasteiger partial charge in [0.2, 0.25) is 0 Å². The predicted molar refractivity (Wildman–Crippen MR) is 224 cm³/mol. The molecule has 4 aliphatic carbocycles. The van der Waals surface area contributed by atoms with E-state index in [1.165, 1.54) is 71.1 Å². The van der Waals surface area contributed by atoms with Gasteiger partial charge < -0.3 is 4.90 Å². The Morgan fingerprint density at radius 3 is 1.62 bits per heavy atom. The zero-order valence-corrected chi connectivity index (χ0v) is 30.6. The molecule has 4 heteroatoms. The Kier molecular flexibility index (Phi) is 6.78. The number of fused-ring (bicyclic) bond motifs is 4. The second-order valence-corrected chi connectivity index (χ2v) is 16.5. The number of rotatable bonds is 4. The van der Waals surface area contributed by atoms with Gasteiger partial charge in [-0.1, -0.05) is 133 Å². The lowest BCUT2D eigenvalue weighted by atomic mass is 9.41. The Morgan fingerprint density at radius 2 is 0.964 bits per heavy atom. The van der Waals surface area contributed by atoms with Gasteiger partial charge in [0.05, 0.1) is 11.4 Å². The van der Waals surface area contributed by atoms with Gasteiger partial charge in [-0.3, -0.25) is 0 Å². The highest BCUT2D eigenvalue weighted by molar-refractivity contribution is 5.98. The molecule has 0 radical (unpaired) electrons. The molecule has 2 heterocycles. The standard InChI is InChI=1S/C51H40N4/c1-2-16-39(17-3-1)55-46-23-9-8-22-44(46)51(37-27-32-26-33(29-37)30-38(51)28-32)45-25-24-36(31-47(45)55)48-52-49(42-20-10-14-34-12-4-6-18-40(34)42)54-50(53-48)43-21-11-15-35-13-5-7-19-41(35)43/h1-25,31-33,37-38H,26-30H2. The van der Waals surface area contributed by atoms with E-state index in [9.17, 15) is 0 Å². The minimum atomic E-state index is 0.00445. The van der Waals surface area contributed by atoms with Crippen molar-refractivity contribution in [3.8, 4) is 34.2 Å².